The van der Waals surface area contributed by atoms with E-state index in [9.17, 15) is 4.79 Å². The van der Waals surface area contributed by atoms with E-state index in [4.69, 9.17) is 40.2 Å². The summed E-state index contributed by atoms with van der Waals surface area (Å²) in [6.45, 7) is 0. The lowest BCUT2D eigenvalue weighted by atomic mass is 10.2. The van der Waals surface area contributed by atoms with Crippen LogP contribution in [0.1, 0.15) is 5.56 Å². The number of halogens is 2. The number of methoxy groups -OCH3 is 1. The molecule has 1 heterocycles. The van der Waals surface area contributed by atoms with Crippen LogP contribution >= 0.6 is 47.2 Å². The van der Waals surface area contributed by atoms with Crippen LogP contribution in [0.3, 0.4) is 0 Å². The molecule has 1 amide bonds. The van der Waals surface area contributed by atoms with E-state index in [0.29, 0.717) is 30.7 Å². The summed E-state index contributed by atoms with van der Waals surface area (Å²) in [6.07, 6.45) is 1.79. The van der Waals surface area contributed by atoms with Gasteiger partial charge in [-0.1, -0.05) is 59.3 Å². The quantitative estimate of drug-likeness (QED) is 0.513. The van der Waals surface area contributed by atoms with Crippen molar-refractivity contribution in [3.63, 3.8) is 0 Å². The number of ether oxygens (including phenoxy) is 1. The SMILES string of the molecule is COc1ccc(N2C(=O)/C(=C\c3ccc(Cl)cc3)SC2=S)cc1Cl. The lowest BCUT2D eigenvalue weighted by molar-refractivity contribution is -0.113. The van der Waals surface area contributed by atoms with Crippen molar-refractivity contribution in [3.05, 3.63) is 63.0 Å². The zero-order valence-corrected chi connectivity index (χ0v) is 15.6. The summed E-state index contributed by atoms with van der Waals surface area (Å²) in [5, 5.41) is 1.07. The fourth-order valence-corrected chi connectivity index (χ4v) is 3.87. The molecule has 0 atom stereocenters. The molecule has 1 aliphatic heterocycles. The van der Waals surface area contributed by atoms with Crippen LogP contribution in [0.5, 0.6) is 5.75 Å². The molecule has 1 aliphatic rings. The van der Waals surface area contributed by atoms with Gasteiger partial charge in [0.1, 0.15) is 5.75 Å². The van der Waals surface area contributed by atoms with Crippen molar-refractivity contribution in [2.45, 2.75) is 0 Å². The topological polar surface area (TPSA) is 29.5 Å². The van der Waals surface area contributed by atoms with Gasteiger partial charge >= 0.3 is 0 Å². The van der Waals surface area contributed by atoms with Crippen molar-refractivity contribution < 1.29 is 9.53 Å². The van der Waals surface area contributed by atoms with Crippen LogP contribution in [-0.2, 0) is 4.79 Å². The second kappa shape index (κ2) is 7.15. The molecule has 0 aliphatic carbocycles. The molecule has 2 aromatic carbocycles. The summed E-state index contributed by atoms with van der Waals surface area (Å²) in [6, 6.07) is 12.4. The highest BCUT2D eigenvalue weighted by atomic mass is 35.5. The highest BCUT2D eigenvalue weighted by Gasteiger charge is 2.33. The summed E-state index contributed by atoms with van der Waals surface area (Å²) in [5.41, 5.74) is 1.50. The van der Waals surface area contributed by atoms with Gasteiger partial charge in [-0.25, -0.2) is 0 Å². The van der Waals surface area contributed by atoms with Crippen LogP contribution in [0, 0.1) is 0 Å². The van der Waals surface area contributed by atoms with Crippen molar-refractivity contribution in [1.29, 1.82) is 0 Å². The molecule has 0 bridgehead atoms. The van der Waals surface area contributed by atoms with E-state index in [1.165, 1.54) is 23.8 Å². The number of rotatable bonds is 3. The van der Waals surface area contributed by atoms with E-state index in [1.807, 2.05) is 12.1 Å². The van der Waals surface area contributed by atoms with E-state index in [2.05, 4.69) is 0 Å². The number of nitrogens with zero attached hydrogens (tertiary/aromatic N) is 1. The first kappa shape index (κ1) is 17.3. The molecular weight excluding hydrogens is 385 g/mol. The number of carbonyl (C=O) groups excluding carboxylic acids is 1. The van der Waals surface area contributed by atoms with Crippen LogP contribution in [0.25, 0.3) is 6.08 Å². The summed E-state index contributed by atoms with van der Waals surface area (Å²) in [5.74, 6) is 0.365. The molecule has 3 rings (SSSR count). The molecule has 24 heavy (non-hydrogen) atoms. The fourth-order valence-electron chi connectivity index (χ4n) is 2.20. The molecule has 1 fully saturated rings. The van der Waals surface area contributed by atoms with E-state index in [0.717, 1.165) is 5.56 Å². The second-order valence-electron chi connectivity index (χ2n) is 4.89. The highest BCUT2D eigenvalue weighted by Crippen LogP contribution is 2.38. The van der Waals surface area contributed by atoms with Crippen LogP contribution in [0.4, 0.5) is 5.69 Å². The molecule has 0 unspecified atom stereocenters. The Balaban J connectivity index is 1.91. The van der Waals surface area contributed by atoms with Crippen molar-refractivity contribution in [3.8, 4) is 5.75 Å². The molecule has 0 radical (unpaired) electrons. The number of benzene rings is 2. The van der Waals surface area contributed by atoms with Crippen molar-refractivity contribution in [2.75, 3.05) is 12.0 Å². The predicted molar refractivity (Wildman–Crippen MR) is 105 cm³/mol. The zero-order chi connectivity index (χ0) is 17.3. The molecule has 1 saturated heterocycles. The van der Waals surface area contributed by atoms with Crippen molar-refractivity contribution >= 4 is 69.2 Å². The van der Waals surface area contributed by atoms with Gasteiger partial charge in [0.2, 0.25) is 0 Å². The molecule has 7 heteroatoms. The van der Waals surface area contributed by atoms with Crippen LogP contribution in [-0.4, -0.2) is 17.3 Å². The molecule has 0 N–H and O–H groups in total. The van der Waals surface area contributed by atoms with E-state index in [1.54, 1.807) is 36.4 Å². The van der Waals surface area contributed by atoms with Gasteiger partial charge in [0.15, 0.2) is 4.32 Å². The number of thioether (sulfide) groups is 1. The standard InChI is InChI=1S/C17H11Cl2NO2S2/c1-22-14-7-6-12(9-13(14)19)20-16(21)15(24-17(20)23)8-10-2-4-11(18)5-3-10/h2-9H,1H3/b15-8+. The molecule has 0 spiro atoms. The molecule has 0 aromatic heterocycles. The van der Waals surface area contributed by atoms with E-state index in [-0.39, 0.29) is 5.91 Å². The first-order valence-corrected chi connectivity index (χ1v) is 8.85. The largest absolute Gasteiger partial charge is 0.495 e. The number of thiocarbonyl (C=S) groups is 1. The Morgan fingerprint density at radius 1 is 1.17 bits per heavy atom. The third kappa shape index (κ3) is 3.44. The average molecular weight is 396 g/mol. The summed E-state index contributed by atoms with van der Waals surface area (Å²) in [4.78, 5) is 14.7. The monoisotopic (exact) mass is 395 g/mol. The second-order valence-corrected chi connectivity index (χ2v) is 7.41. The third-order valence-electron chi connectivity index (χ3n) is 3.36. The smallest absolute Gasteiger partial charge is 0.270 e. The van der Waals surface area contributed by atoms with Crippen LogP contribution in [0.2, 0.25) is 10.0 Å². The third-order valence-corrected chi connectivity index (χ3v) is 5.20. The Labute approximate surface area is 159 Å². The minimum Gasteiger partial charge on any atom is -0.495 e. The summed E-state index contributed by atoms with van der Waals surface area (Å²) >= 11 is 18.6. The lowest BCUT2D eigenvalue weighted by Crippen LogP contribution is -2.27. The minimum atomic E-state index is -0.179. The zero-order valence-electron chi connectivity index (χ0n) is 12.5. The number of amides is 1. The van der Waals surface area contributed by atoms with Gasteiger partial charge in [0.25, 0.3) is 5.91 Å². The molecule has 2 aromatic rings. The Morgan fingerprint density at radius 3 is 2.50 bits per heavy atom. The first-order chi connectivity index (χ1) is 11.5. The maximum atomic E-state index is 12.7. The molecule has 3 nitrogen and oxygen atoms in total. The predicted octanol–water partition coefficient (Wildman–Crippen LogP) is 5.41. The maximum Gasteiger partial charge on any atom is 0.270 e. The summed E-state index contributed by atoms with van der Waals surface area (Å²) in [7, 11) is 1.54. The van der Waals surface area contributed by atoms with Crippen molar-refractivity contribution in [1.82, 2.24) is 0 Å². The Morgan fingerprint density at radius 2 is 1.88 bits per heavy atom. The number of carbonyl (C=O) groups is 1. The van der Waals surface area contributed by atoms with Gasteiger partial charge in [-0.3, -0.25) is 9.69 Å². The maximum absolute atomic E-state index is 12.7. The van der Waals surface area contributed by atoms with E-state index < -0.39 is 0 Å². The minimum absolute atomic E-state index is 0.179. The molecular formula is C17H11Cl2NO2S2. The van der Waals surface area contributed by atoms with Gasteiger partial charge in [-0.15, -0.1) is 0 Å². The van der Waals surface area contributed by atoms with Crippen LogP contribution < -0.4 is 9.64 Å². The van der Waals surface area contributed by atoms with Gasteiger partial charge in [-0.2, -0.15) is 0 Å². The van der Waals surface area contributed by atoms with Gasteiger partial charge in [0.05, 0.1) is 22.7 Å². The molecule has 0 saturated carbocycles. The average Bonchev–Trinajstić information content (AvgIpc) is 2.83. The Hall–Kier alpha value is -1.53. The van der Waals surface area contributed by atoms with Gasteiger partial charge in [-0.05, 0) is 42.0 Å². The molecule has 122 valence electrons. The number of hydrogen-bond acceptors (Lipinski definition) is 4. The van der Waals surface area contributed by atoms with Gasteiger partial charge < -0.3 is 4.74 Å². The lowest BCUT2D eigenvalue weighted by Gasteiger charge is -2.15. The number of hydrogen-bond donors (Lipinski definition) is 0. The Bertz CT molecular complexity index is 850. The Kier molecular flexibility index (Phi) is 5.15. The van der Waals surface area contributed by atoms with E-state index >= 15 is 0 Å². The van der Waals surface area contributed by atoms with Gasteiger partial charge in [0, 0.05) is 5.02 Å². The summed E-state index contributed by atoms with van der Waals surface area (Å²) < 4.78 is 5.59. The normalized spacial score (nSPS) is 16.1. The highest BCUT2D eigenvalue weighted by molar-refractivity contribution is 8.27. The number of anilines is 1. The van der Waals surface area contributed by atoms with Crippen LogP contribution in [0.15, 0.2) is 47.4 Å². The fraction of sp³-hybridized carbons (Fsp3) is 0.0588. The first-order valence-electron chi connectivity index (χ1n) is 6.86. The van der Waals surface area contributed by atoms with Crippen molar-refractivity contribution in [2.24, 2.45) is 0 Å².